The first kappa shape index (κ1) is 16.4. The van der Waals surface area contributed by atoms with Crippen LogP contribution in [0.3, 0.4) is 0 Å². The molecule has 0 amide bonds. The molecule has 118 valence electrons. The standard InChI is InChI=1S/C15H23FN2O2S/c1-3-17-10-12-7-8-14(16)15(9-12)21(19,20)18-11(2)13-5-4-6-13/h7-9,11,13,17-18H,3-6,10H2,1-2H3. The lowest BCUT2D eigenvalue weighted by Crippen LogP contribution is -2.40. The van der Waals surface area contributed by atoms with E-state index in [0.29, 0.717) is 12.5 Å². The summed E-state index contributed by atoms with van der Waals surface area (Å²) < 4.78 is 41.2. The van der Waals surface area contributed by atoms with Crippen molar-refractivity contribution in [3.8, 4) is 0 Å². The molecule has 0 spiro atoms. The van der Waals surface area contributed by atoms with E-state index in [1.165, 1.54) is 12.1 Å². The van der Waals surface area contributed by atoms with E-state index in [-0.39, 0.29) is 10.9 Å². The Hall–Kier alpha value is -0.980. The van der Waals surface area contributed by atoms with Crippen molar-refractivity contribution in [1.29, 1.82) is 0 Å². The van der Waals surface area contributed by atoms with Gasteiger partial charge in [-0.05, 0) is 49.9 Å². The Morgan fingerprint density at radius 1 is 1.38 bits per heavy atom. The molecule has 1 aromatic rings. The van der Waals surface area contributed by atoms with E-state index in [4.69, 9.17) is 0 Å². The van der Waals surface area contributed by atoms with E-state index in [1.807, 2.05) is 13.8 Å². The number of benzene rings is 1. The van der Waals surface area contributed by atoms with Crippen LogP contribution in [0.15, 0.2) is 23.1 Å². The molecule has 0 saturated heterocycles. The summed E-state index contributed by atoms with van der Waals surface area (Å²) in [5, 5.41) is 3.10. The fourth-order valence-electron chi connectivity index (χ4n) is 2.48. The average molecular weight is 314 g/mol. The maximum absolute atomic E-state index is 13.9. The van der Waals surface area contributed by atoms with E-state index in [2.05, 4.69) is 10.0 Å². The van der Waals surface area contributed by atoms with Crippen LogP contribution >= 0.6 is 0 Å². The third kappa shape index (κ3) is 4.02. The molecule has 0 heterocycles. The molecule has 1 aromatic carbocycles. The fraction of sp³-hybridized carbons (Fsp3) is 0.600. The lowest BCUT2D eigenvalue weighted by atomic mass is 9.81. The van der Waals surface area contributed by atoms with Crippen molar-refractivity contribution >= 4 is 10.0 Å². The van der Waals surface area contributed by atoms with Crippen LogP contribution in [0, 0.1) is 11.7 Å². The van der Waals surface area contributed by atoms with Crippen LogP contribution in [0.2, 0.25) is 0 Å². The Balaban J connectivity index is 2.17. The molecule has 1 saturated carbocycles. The van der Waals surface area contributed by atoms with E-state index in [1.54, 1.807) is 6.07 Å². The highest BCUT2D eigenvalue weighted by Gasteiger charge is 2.29. The molecule has 1 fully saturated rings. The van der Waals surface area contributed by atoms with Gasteiger partial charge in [0.05, 0.1) is 0 Å². The Bertz CT molecular complexity index is 585. The highest BCUT2D eigenvalue weighted by atomic mass is 32.2. The Kier molecular flexibility index (Phi) is 5.35. The molecule has 0 radical (unpaired) electrons. The zero-order valence-corrected chi connectivity index (χ0v) is 13.3. The second kappa shape index (κ2) is 6.85. The first-order valence-corrected chi connectivity index (χ1v) is 8.94. The van der Waals surface area contributed by atoms with E-state index in [9.17, 15) is 12.8 Å². The minimum absolute atomic E-state index is 0.152. The smallest absolute Gasteiger partial charge is 0.243 e. The molecule has 1 aliphatic rings. The van der Waals surface area contributed by atoms with Crippen LogP contribution < -0.4 is 10.0 Å². The van der Waals surface area contributed by atoms with Crippen molar-refractivity contribution in [2.24, 2.45) is 5.92 Å². The SMILES string of the molecule is CCNCc1ccc(F)c(S(=O)(=O)NC(C)C2CCC2)c1. The predicted molar refractivity (Wildman–Crippen MR) is 80.9 cm³/mol. The van der Waals surface area contributed by atoms with Crippen molar-refractivity contribution in [3.63, 3.8) is 0 Å². The van der Waals surface area contributed by atoms with Gasteiger partial charge in [-0.15, -0.1) is 0 Å². The van der Waals surface area contributed by atoms with Crippen molar-refractivity contribution in [2.75, 3.05) is 6.54 Å². The Labute approximate surface area is 126 Å². The van der Waals surface area contributed by atoms with Crippen LogP contribution in [-0.4, -0.2) is 21.0 Å². The number of halogens is 1. The van der Waals surface area contributed by atoms with Gasteiger partial charge >= 0.3 is 0 Å². The van der Waals surface area contributed by atoms with Gasteiger partial charge in [0.25, 0.3) is 0 Å². The summed E-state index contributed by atoms with van der Waals surface area (Å²) in [6.07, 6.45) is 3.21. The normalized spacial score (nSPS) is 17.5. The van der Waals surface area contributed by atoms with Gasteiger partial charge in [0.1, 0.15) is 10.7 Å². The number of hydrogen-bond acceptors (Lipinski definition) is 3. The van der Waals surface area contributed by atoms with E-state index in [0.717, 1.165) is 31.4 Å². The molecule has 6 heteroatoms. The largest absolute Gasteiger partial charge is 0.313 e. The minimum Gasteiger partial charge on any atom is -0.313 e. The lowest BCUT2D eigenvalue weighted by Gasteiger charge is -2.31. The van der Waals surface area contributed by atoms with Crippen molar-refractivity contribution in [2.45, 2.75) is 50.6 Å². The summed E-state index contributed by atoms with van der Waals surface area (Å²) >= 11 is 0. The molecule has 1 atom stereocenters. The van der Waals surface area contributed by atoms with Crippen molar-refractivity contribution < 1.29 is 12.8 Å². The number of sulfonamides is 1. The summed E-state index contributed by atoms with van der Waals surface area (Å²) in [7, 11) is -3.81. The van der Waals surface area contributed by atoms with Gasteiger partial charge in [-0.25, -0.2) is 17.5 Å². The summed E-state index contributed by atoms with van der Waals surface area (Å²) in [4.78, 5) is -0.260. The topological polar surface area (TPSA) is 58.2 Å². The first-order chi connectivity index (χ1) is 9.94. The minimum atomic E-state index is -3.81. The second-order valence-electron chi connectivity index (χ2n) is 5.65. The third-order valence-electron chi connectivity index (χ3n) is 4.06. The zero-order valence-electron chi connectivity index (χ0n) is 12.5. The van der Waals surface area contributed by atoms with Crippen LogP contribution in [0.1, 0.15) is 38.7 Å². The van der Waals surface area contributed by atoms with Gasteiger partial charge in [-0.1, -0.05) is 19.4 Å². The molecule has 4 nitrogen and oxygen atoms in total. The first-order valence-electron chi connectivity index (χ1n) is 7.45. The summed E-state index contributed by atoms with van der Waals surface area (Å²) in [5.74, 6) is -0.337. The third-order valence-corrected chi connectivity index (χ3v) is 5.64. The highest BCUT2D eigenvalue weighted by Crippen LogP contribution is 2.30. The number of hydrogen-bond donors (Lipinski definition) is 2. The highest BCUT2D eigenvalue weighted by molar-refractivity contribution is 7.89. The van der Waals surface area contributed by atoms with Gasteiger partial charge in [-0.2, -0.15) is 0 Å². The molecular weight excluding hydrogens is 291 g/mol. The summed E-state index contributed by atoms with van der Waals surface area (Å²) in [5.41, 5.74) is 0.759. The molecule has 1 unspecified atom stereocenters. The average Bonchev–Trinajstić information content (AvgIpc) is 2.34. The van der Waals surface area contributed by atoms with Crippen LogP contribution in [0.5, 0.6) is 0 Å². The molecule has 21 heavy (non-hydrogen) atoms. The molecule has 2 rings (SSSR count). The maximum atomic E-state index is 13.9. The van der Waals surface area contributed by atoms with Crippen LogP contribution in [0.25, 0.3) is 0 Å². The monoisotopic (exact) mass is 314 g/mol. The summed E-state index contributed by atoms with van der Waals surface area (Å²) in [6.45, 7) is 5.11. The number of nitrogens with one attached hydrogen (secondary N) is 2. The van der Waals surface area contributed by atoms with Crippen LogP contribution in [-0.2, 0) is 16.6 Å². The molecule has 0 aromatic heterocycles. The Morgan fingerprint density at radius 2 is 2.10 bits per heavy atom. The van der Waals surface area contributed by atoms with E-state index < -0.39 is 15.8 Å². The molecule has 0 bridgehead atoms. The zero-order chi connectivity index (χ0) is 15.5. The van der Waals surface area contributed by atoms with E-state index >= 15 is 0 Å². The van der Waals surface area contributed by atoms with Gasteiger partial charge in [0.15, 0.2) is 0 Å². The quantitative estimate of drug-likeness (QED) is 0.812. The Morgan fingerprint density at radius 3 is 2.67 bits per heavy atom. The predicted octanol–water partition coefficient (Wildman–Crippen LogP) is 2.40. The van der Waals surface area contributed by atoms with Gasteiger partial charge < -0.3 is 5.32 Å². The van der Waals surface area contributed by atoms with Gasteiger partial charge in [0, 0.05) is 12.6 Å². The maximum Gasteiger partial charge on any atom is 0.243 e. The molecular formula is C15H23FN2O2S. The van der Waals surface area contributed by atoms with Gasteiger partial charge in [0.2, 0.25) is 10.0 Å². The van der Waals surface area contributed by atoms with Gasteiger partial charge in [-0.3, -0.25) is 0 Å². The molecule has 1 aliphatic carbocycles. The fourth-order valence-corrected chi connectivity index (χ4v) is 3.92. The molecule has 0 aliphatic heterocycles. The lowest BCUT2D eigenvalue weighted by molar-refractivity contribution is 0.260. The van der Waals surface area contributed by atoms with Crippen molar-refractivity contribution in [3.05, 3.63) is 29.6 Å². The number of rotatable bonds is 7. The molecule has 2 N–H and O–H groups in total. The second-order valence-corrected chi connectivity index (χ2v) is 7.33. The van der Waals surface area contributed by atoms with Crippen molar-refractivity contribution in [1.82, 2.24) is 10.0 Å². The van der Waals surface area contributed by atoms with Crippen LogP contribution in [0.4, 0.5) is 4.39 Å². The summed E-state index contributed by atoms with van der Waals surface area (Å²) in [6, 6.07) is 4.08.